The lowest BCUT2D eigenvalue weighted by Crippen LogP contribution is -2.46. The van der Waals surface area contributed by atoms with Crippen LogP contribution in [0.3, 0.4) is 0 Å². The first-order valence-electron chi connectivity index (χ1n) is 12.3. The molecule has 3 heterocycles. The number of likely N-dealkylation sites (N-methyl/N-ethyl adjacent to an activating group) is 1. The van der Waals surface area contributed by atoms with Gasteiger partial charge in [0, 0.05) is 43.8 Å². The van der Waals surface area contributed by atoms with E-state index in [9.17, 15) is 9.59 Å². The summed E-state index contributed by atoms with van der Waals surface area (Å²) in [6, 6.07) is 12.0. The molecule has 10 nitrogen and oxygen atoms in total. The lowest BCUT2D eigenvalue weighted by molar-refractivity contribution is -0.111. The number of nitrogens with one attached hydrogen (secondary N) is 2. The quantitative estimate of drug-likeness (QED) is 0.362. The van der Waals surface area contributed by atoms with E-state index in [1.54, 1.807) is 34.9 Å². The van der Waals surface area contributed by atoms with E-state index in [0.717, 1.165) is 38.4 Å². The molecule has 0 atom stereocenters. The van der Waals surface area contributed by atoms with E-state index in [1.165, 1.54) is 24.7 Å². The maximum atomic E-state index is 15.1. The molecule has 0 radical (unpaired) electrons. The number of fused-ring (bicyclic) bond motifs is 1. The van der Waals surface area contributed by atoms with Crippen molar-refractivity contribution in [2.75, 3.05) is 48.3 Å². The molecule has 2 aromatic heterocycles. The third-order valence-electron chi connectivity index (χ3n) is 6.48. The van der Waals surface area contributed by atoms with Crippen LogP contribution in [0.15, 0.2) is 72.4 Å². The van der Waals surface area contributed by atoms with Gasteiger partial charge in [-0.2, -0.15) is 9.97 Å². The molecule has 0 aliphatic carbocycles. The van der Waals surface area contributed by atoms with Crippen LogP contribution in [0.25, 0.3) is 16.7 Å². The Labute approximate surface area is 218 Å². The second kappa shape index (κ2) is 10.8. The van der Waals surface area contributed by atoms with E-state index < -0.39 is 11.4 Å². The summed E-state index contributed by atoms with van der Waals surface area (Å²) < 4.78 is 16.7. The molecule has 1 aliphatic rings. The van der Waals surface area contributed by atoms with Crippen molar-refractivity contribution < 1.29 is 9.18 Å². The van der Waals surface area contributed by atoms with Gasteiger partial charge in [-0.1, -0.05) is 19.6 Å². The zero-order valence-electron chi connectivity index (χ0n) is 20.9. The molecule has 0 spiro atoms. The number of benzene rings is 2. The Morgan fingerprint density at radius 3 is 2.66 bits per heavy atom. The molecule has 0 bridgehead atoms. The molecule has 0 unspecified atom stereocenters. The Morgan fingerprint density at radius 1 is 1.11 bits per heavy atom. The number of halogens is 1. The smallest absolute Gasteiger partial charge is 0.283 e. The van der Waals surface area contributed by atoms with Crippen molar-refractivity contribution in [2.45, 2.75) is 6.92 Å². The molecule has 11 heteroatoms. The van der Waals surface area contributed by atoms with Gasteiger partial charge in [0.15, 0.2) is 5.65 Å². The molecule has 1 fully saturated rings. The minimum Gasteiger partial charge on any atom is -0.369 e. The van der Waals surface area contributed by atoms with Crippen molar-refractivity contribution >= 4 is 40.0 Å². The number of amides is 1. The van der Waals surface area contributed by atoms with Crippen molar-refractivity contribution in [2.24, 2.45) is 0 Å². The lowest BCUT2D eigenvalue weighted by atomic mass is 10.2. The highest BCUT2D eigenvalue weighted by Crippen LogP contribution is 2.25. The van der Waals surface area contributed by atoms with Crippen LogP contribution in [0.1, 0.15) is 6.92 Å². The molecule has 1 aliphatic heterocycles. The van der Waals surface area contributed by atoms with Gasteiger partial charge < -0.3 is 20.4 Å². The maximum Gasteiger partial charge on any atom is 0.283 e. The molecule has 2 aromatic carbocycles. The normalized spacial score (nSPS) is 13.9. The second-order valence-corrected chi connectivity index (χ2v) is 8.80. The average molecular weight is 515 g/mol. The Bertz CT molecular complexity index is 1560. The number of carbonyl (C=O) groups is 1. The topological polar surface area (TPSA) is 108 Å². The van der Waals surface area contributed by atoms with Crippen LogP contribution in [-0.4, -0.2) is 63.0 Å². The molecular weight excluding hydrogens is 487 g/mol. The van der Waals surface area contributed by atoms with Gasteiger partial charge in [-0.05, 0) is 49.0 Å². The van der Waals surface area contributed by atoms with Gasteiger partial charge in [0.05, 0.1) is 11.4 Å². The fourth-order valence-electron chi connectivity index (χ4n) is 4.36. The minimum atomic E-state index is -0.488. The van der Waals surface area contributed by atoms with Crippen LogP contribution in [-0.2, 0) is 4.79 Å². The number of anilines is 4. The molecule has 38 heavy (non-hydrogen) atoms. The minimum absolute atomic E-state index is 0.121. The first-order chi connectivity index (χ1) is 18.4. The van der Waals surface area contributed by atoms with E-state index in [4.69, 9.17) is 0 Å². The summed E-state index contributed by atoms with van der Waals surface area (Å²) in [5.74, 6) is -0.659. The summed E-state index contributed by atoms with van der Waals surface area (Å²) >= 11 is 0. The van der Waals surface area contributed by atoms with E-state index in [-0.39, 0.29) is 28.6 Å². The zero-order valence-corrected chi connectivity index (χ0v) is 20.9. The fourth-order valence-corrected chi connectivity index (χ4v) is 4.36. The SMILES string of the molecule is C=CC(=O)Nc1cccc(-n2cnc(=O)c3cnc(Nc4ccc(N5CCN(CC)CC5)cc4F)nc32)c1. The Hall–Kier alpha value is -4.64. The van der Waals surface area contributed by atoms with E-state index in [1.807, 2.05) is 6.07 Å². The van der Waals surface area contributed by atoms with Crippen molar-refractivity contribution in [1.29, 1.82) is 0 Å². The number of hydrogen-bond acceptors (Lipinski definition) is 8. The fraction of sp³-hybridized carbons (Fsp3) is 0.222. The van der Waals surface area contributed by atoms with Gasteiger partial charge in [0.25, 0.3) is 5.56 Å². The zero-order chi connectivity index (χ0) is 26.6. The highest BCUT2D eigenvalue weighted by atomic mass is 19.1. The van der Waals surface area contributed by atoms with Gasteiger partial charge >= 0.3 is 0 Å². The van der Waals surface area contributed by atoms with Gasteiger partial charge in [0.2, 0.25) is 11.9 Å². The van der Waals surface area contributed by atoms with Crippen LogP contribution in [0, 0.1) is 5.82 Å². The maximum absolute atomic E-state index is 15.1. The van der Waals surface area contributed by atoms with Gasteiger partial charge in [0.1, 0.15) is 17.5 Å². The Balaban J connectivity index is 1.43. The summed E-state index contributed by atoms with van der Waals surface area (Å²) in [4.78, 5) is 41.3. The summed E-state index contributed by atoms with van der Waals surface area (Å²) in [5, 5.41) is 5.82. The molecular formula is C27H27FN8O2. The van der Waals surface area contributed by atoms with Crippen LogP contribution >= 0.6 is 0 Å². The molecule has 1 saturated heterocycles. The Morgan fingerprint density at radius 2 is 1.92 bits per heavy atom. The first kappa shape index (κ1) is 25.0. The predicted octanol–water partition coefficient (Wildman–Crippen LogP) is 3.32. The number of rotatable bonds is 7. The number of nitrogens with zero attached hydrogens (tertiary/aromatic N) is 6. The van der Waals surface area contributed by atoms with Gasteiger partial charge in [-0.25, -0.2) is 9.37 Å². The van der Waals surface area contributed by atoms with Crippen LogP contribution in [0.5, 0.6) is 0 Å². The predicted molar refractivity (Wildman–Crippen MR) is 146 cm³/mol. The molecule has 5 rings (SSSR count). The van der Waals surface area contributed by atoms with E-state index in [0.29, 0.717) is 11.4 Å². The van der Waals surface area contributed by atoms with Crippen LogP contribution in [0.2, 0.25) is 0 Å². The third kappa shape index (κ3) is 5.23. The lowest BCUT2D eigenvalue weighted by Gasteiger charge is -2.35. The van der Waals surface area contributed by atoms with E-state index >= 15 is 4.39 Å². The highest BCUT2D eigenvalue weighted by Gasteiger charge is 2.18. The summed E-state index contributed by atoms with van der Waals surface area (Å²) in [7, 11) is 0. The van der Waals surface area contributed by atoms with Crippen molar-refractivity contribution in [3.63, 3.8) is 0 Å². The first-order valence-corrected chi connectivity index (χ1v) is 12.3. The van der Waals surface area contributed by atoms with Gasteiger partial charge in [-0.3, -0.25) is 14.2 Å². The summed E-state index contributed by atoms with van der Waals surface area (Å²) in [6.45, 7) is 10.2. The van der Waals surface area contributed by atoms with Crippen molar-refractivity contribution in [3.05, 3.63) is 83.8 Å². The Kier molecular flexibility index (Phi) is 7.09. The third-order valence-corrected chi connectivity index (χ3v) is 6.48. The number of piperazine rings is 1. The van der Waals surface area contributed by atoms with Crippen LogP contribution < -0.4 is 21.1 Å². The average Bonchev–Trinajstić information content (AvgIpc) is 2.94. The molecule has 1 amide bonds. The van der Waals surface area contributed by atoms with Gasteiger partial charge in [-0.15, -0.1) is 0 Å². The number of carbonyl (C=O) groups excluding carboxylic acids is 1. The van der Waals surface area contributed by atoms with E-state index in [2.05, 4.69) is 48.9 Å². The molecule has 2 N–H and O–H groups in total. The monoisotopic (exact) mass is 514 g/mol. The van der Waals surface area contributed by atoms with Crippen LogP contribution in [0.4, 0.5) is 27.4 Å². The summed E-state index contributed by atoms with van der Waals surface area (Å²) in [5.41, 5.74) is 1.97. The summed E-state index contributed by atoms with van der Waals surface area (Å²) in [6.07, 6.45) is 3.88. The number of hydrogen-bond donors (Lipinski definition) is 2. The largest absolute Gasteiger partial charge is 0.369 e. The standard InChI is InChI=1S/C27H27FN8O2/c1-3-24(37)31-18-6-5-7-20(14-18)36-17-30-26(38)21-16-29-27(33-25(21)36)32-23-9-8-19(15-22(23)28)35-12-10-34(4-2)11-13-35/h3,5-9,14-17H,1,4,10-13H2,2H3,(H,31,37)(H,29,32,33). The van der Waals surface area contributed by atoms with Crippen molar-refractivity contribution in [3.8, 4) is 5.69 Å². The second-order valence-electron chi connectivity index (χ2n) is 8.80. The highest BCUT2D eigenvalue weighted by molar-refractivity contribution is 5.99. The molecule has 4 aromatic rings. The molecule has 194 valence electrons. The van der Waals surface area contributed by atoms with Crippen molar-refractivity contribution in [1.82, 2.24) is 24.4 Å². The number of aromatic nitrogens is 4. The molecule has 0 saturated carbocycles.